The van der Waals surface area contributed by atoms with Gasteiger partial charge < -0.3 is 9.64 Å². The smallest absolute Gasteiger partial charge is 0.222 e. The maximum atomic E-state index is 12.3. The Morgan fingerprint density at radius 2 is 1.79 bits per heavy atom. The summed E-state index contributed by atoms with van der Waals surface area (Å²) in [5, 5.41) is 0. The molecule has 0 spiro atoms. The first-order valence-corrected chi connectivity index (χ1v) is 7.78. The molecule has 0 N–H and O–H groups in total. The number of amides is 1. The Hall–Kier alpha value is -0.610. The van der Waals surface area contributed by atoms with E-state index in [4.69, 9.17) is 4.74 Å². The normalized spacial score (nSPS) is 22.7. The van der Waals surface area contributed by atoms with E-state index in [-0.39, 0.29) is 0 Å². The van der Waals surface area contributed by atoms with Crippen LogP contribution in [0.1, 0.15) is 38.5 Å². The van der Waals surface area contributed by atoms with Crippen LogP contribution in [-0.4, -0.2) is 62.1 Å². The molecule has 0 atom stereocenters. The number of nitrogens with zero attached hydrogens (tertiary/aromatic N) is 2. The van der Waals surface area contributed by atoms with E-state index in [0.717, 1.165) is 45.8 Å². The first-order valence-electron chi connectivity index (χ1n) is 7.78. The van der Waals surface area contributed by atoms with E-state index in [1.54, 1.807) is 7.11 Å². The lowest BCUT2D eigenvalue weighted by atomic mass is 9.86. The molecule has 0 unspecified atom stereocenters. The molecule has 4 nitrogen and oxygen atoms in total. The van der Waals surface area contributed by atoms with Gasteiger partial charge in [0.05, 0.1) is 6.61 Å². The Balaban J connectivity index is 1.67. The van der Waals surface area contributed by atoms with Crippen molar-refractivity contribution in [3.8, 4) is 0 Å². The lowest BCUT2D eigenvalue weighted by Crippen LogP contribution is -2.49. The van der Waals surface area contributed by atoms with Gasteiger partial charge in [-0.1, -0.05) is 19.3 Å². The van der Waals surface area contributed by atoms with Gasteiger partial charge in [0.2, 0.25) is 5.91 Å². The second-order valence-corrected chi connectivity index (χ2v) is 5.92. The Kier molecular flexibility index (Phi) is 6.11. The minimum Gasteiger partial charge on any atom is -0.383 e. The summed E-state index contributed by atoms with van der Waals surface area (Å²) in [4.78, 5) is 16.7. The van der Waals surface area contributed by atoms with Gasteiger partial charge in [-0.3, -0.25) is 9.69 Å². The fourth-order valence-corrected chi connectivity index (χ4v) is 3.21. The highest BCUT2D eigenvalue weighted by Gasteiger charge is 2.24. The number of rotatable bonds is 5. The number of piperazine rings is 1. The van der Waals surface area contributed by atoms with Crippen molar-refractivity contribution in [1.29, 1.82) is 0 Å². The van der Waals surface area contributed by atoms with Crippen LogP contribution in [0, 0.1) is 5.92 Å². The van der Waals surface area contributed by atoms with Gasteiger partial charge in [0.25, 0.3) is 0 Å². The van der Waals surface area contributed by atoms with Crippen molar-refractivity contribution < 1.29 is 9.53 Å². The monoisotopic (exact) mass is 268 g/mol. The van der Waals surface area contributed by atoms with Crippen molar-refractivity contribution in [2.75, 3.05) is 46.4 Å². The van der Waals surface area contributed by atoms with Crippen LogP contribution in [0.2, 0.25) is 0 Å². The van der Waals surface area contributed by atoms with Crippen molar-refractivity contribution in [2.45, 2.75) is 38.5 Å². The molecule has 1 heterocycles. The average molecular weight is 268 g/mol. The first-order chi connectivity index (χ1) is 9.29. The first kappa shape index (κ1) is 14.8. The molecule has 19 heavy (non-hydrogen) atoms. The van der Waals surface area contributed by atoms with Crippen LogP contribution in [0.5, 0.6) is 0 Å². The van der Waals surface area contributed by atoms with Crippen LogP contribution in [0.4, 0.5) is 0 Å². The van der Waals surface area contributed by atoms with Crippen molar-refractivity contribution in [1.82, 2.24) is 9.80 Å². The van der Waals surface area contributed by atoms with E-state index in [9.17, 15) is 4.79 Å². The number of ether oxygens (including phenoxy) is 1. The molecule has 1 saturated carbocycles. The maximum absolute atomic E-state index is 12.3. The highest BCUT2D eigenvalue weighted by atomic mass is 16.5. The van der Waals surface area contributed by atoms with Gasteiger partial charge in [0.15, 0.2) is 0 Å². The number of methoxy groups -OCH3 is 1. The lowest BCUT2D eigenvalue weighted by molar-refractivity contribution is -0.134. The van der Waals surface area contributed by atoms with Crippen LogP contribution >= 0.6 is 0 Å². The lowest BCUT2D eigenvalue weighted by Gasteiger charge is -2.35. The minimum absolute atomic E-state index is 0.387. The van der Waals surface area contributed by atoms with Gasteiger partial charge in [-0.25, -0.2) is 0 Å². The van der Waals surface area contributed by atoms with E-state index in [2.05, 4.69) is 9.80 Å². The average Bonchev–Trinajstić information content (AvgIpc) is 2.46. The Morgan fingerprint density at radius 3 is 2.42 bits per heavy atom. The maximum Gasteiger partial charge on any atom is 0.222 e. The van der Waals surface area contributed by atoms with Gasteiger partial charge in [0.1, 0.15) is 0 Å². The number of hydrogen-bond acceptors (Lipinski definition) is 3. The molecule has 1 amide bonds. The highest BCUT2D eigenvalue weighted by molar-refractivity contribution is 5.76. The van der Waals surface area contributed by atoms with Crippen LogP contribution < -0.4 is 0 Å². The summed E-state index contributed by atoms with van der Waals surface area (Å²) in [5.41, 5.74) is 0. The van der Waals surface area contributed by atoms with Crippen molar-refractivity contribution >= 4 is 5.91 Å². The summed E-state index contributed by atoms with van der Waals surface area (Å²) in [6.45, 7) is 5.57. The highest BCUT2D eigenvalue weighted by Crippen LogP contribution is 2.26. The zero-order valence-corrected chi connectivity index (χ0v) is 12.3. The molecule has 2 fully saturated rings. The van der Waals surface area contributed by atoms with Crippen molar-refractivity contribution in [2.24, 2.45) is 5.92 Å². The van der Waals surface area contributed by atoms with E-state index in [0.29, 0.717) is 11.8 Å². The van der Waals surface area contributed by atoms with E-state index < -0.39 is 0 Å². The predicted molar refractivity (Wildman–Crippen MR) is 76.1 cm³/mol. The topological polar surface area (TPSA) is 32.8 Å². The Morgan fingerprint density at radius 1 is 1.11 bits per heavy atom. The molecule has 2 aliphatic rings. The third-order valence-corrected chi connectivity index (χ3v) is 4.52. The van der Waals surface area contributed by atoms with E-state index >= 15 is 0 Å². The molecule has 4 heteroatoms. The molecule has 0 aromatic carbocycles. The Labute approximate surface area is 117 Å². The molecular weight excluding hydrogens is 240 g/mol. The fourth-order valence-electron chi connectivity index (χ4n) is 3.21. The van der Waals surface area contributed by atoms with Gasteiger partial charge in [0, 0.05) is 46.3 Å². The summed E-state index contributed by atoms with van der Waals surface area (Å²) < 4.78 is 5.10. The van der Waals surface area contributed by atoms with Gasteiger partial charge >= 0.3 is 0 Å². The molecule has 1 saturated heterocycles. The van der Waals surface area contributed by atoms with Crippen LogP contribution in [0.3, 0.4) is 0 Å². The predicted octanol–water partition coefficient (Wildman–Crippen LogP) is 1.75. The number of carbonyl (C=O) groups is 1. The third kappa shape index (κ3) is 4.77. The van der Waals surface area contributed by atoms with E-state index in [1.165, 1.54) is 32.1 Å². The van der Waals surface area contributed by atoms with Gasteiger partial charge in [-0.2, -0.15) is 0 Å². The molecule has 0 aromatic rings. The second kappa shape index (κ2) is 7.85. The quantitative estimate of drug-likeness (QED) is 0.761. The number of hydrogen-bond donors (Lipinski definition) is 0. The summed E-state index contributed by atoms with van der Waals surface area (Å²) in [7, 11) is 1.74. The largest absolute Gasteiger partial charge is 0.383 e. The molecule has 1 aliphatic heterocycles. The summed E-state index contributed by atoms with van der Waals surface area (Å²) in [5.74, 6) is 1.05. The molecule has 0 aromatic heterocycles. The number of carbonyl (C=O) groups excluding carboxylic acids is 1. The second-order valence-electron chi connectivity index (χ2n) is 5.92. The Bertz CT molecular complexity index is 269. The molecule has 2 rings (SSSR count). The van der Waals surface area contributed by atoms with Gasteiger partial charge in [-0.05, 0) is 18.8 Å². The van der Waals surface area contributed by atoms with Crippen molar-refractivity contribution in [3.05, 3.63) is 0 Å². The summed E-state index contributed by atoms with van der Waals surface area (Å²) >= 11 is 0. The fraction of sp³-hybridized carbons (Fsp3) is 0.933. The van der Waals surface area contributed by atoms with Crippen LogP contribution in [-0.2, 0) is 9.53 Å². The standard InChI is InChI=1S/C15H28N2O2/c1-19-12-11-16-7-9-17(10-8-16)15(18)13-14-5-3-2-4-6-14/h14H,2-13H2,1H3. The van der Waals surface area contributed by atoms with Crippen LogP contribution in [0.15, 0.2) is 0 Å². The summed E-state index contributed by atoms with van der Waals surface area (Å²) in [6, 6.07) is 0. The zero-order valence-electron chi connectivity index (χ0n) is 12.3. The van der Waals surface area contributed by atoms with Gasteiger partial charge in [-0.15, -0.1) is 0 Å². The van der Waals surface area contributed by atoms with Crippen molar-refractivity contribution in [3.63, 3.8) is 0 Å². The minimum atomic E-state index is 0.387. The van der Waals surface area contributed by atoms with E-state index in [1.807, 2.05) is 0 Å². The molecular formula is C15H28N2O2. The summed E-state index contributed by atoms with van der Waals surface area (Å²) in [6.07, 6.45) is 7.32. The molecule has 1 aliphatic carbocycles. The molecule has 0 bridgehead atoms. The molecule has 110 valence electrons. The van der Waals surface area contributed by atoms with Crippen LogP contribution in [0.25, 0.3) is 0 Å². The molecule has 0 radical (unpaired) electrons. The third-order valence-electron chi connectivity index (χ3n) is 4.52. The zero-order chi connectivity index (χ0) is 13.5. The SMILES string of the molecule is COCCN1CCN(C(=O)CC2CCCCC2)CC1.